The quantitative estimate of drug-likeness (QED) is 0.521. The van der Waals surface area contributed by atoms with Gasteiger partial charge in [-0.15, -0.1) is 0 Å². The molecule has 0 unspecified atom stereocenters. The fourth-order valence-electron chi connectivity index (χ4n) is 4.80. The topological polar surface area (TPSA) is 100 Å². The lowest BCUT2D eigenvalue weighted by Crippen LogP contribution is -2.41. The SMILES string of the molecule is Cc1cc(C2(N(C)C(=O)c3cnn4c3CN(C(=O)c3cc5ccccc5[nH]3)CC4)CC2)no1. The first kappa shape index (κ1) is 19.8. The van der Waals surface area contributed by atoms with E-state index in [4.69, 9.17) is 4.52 Å². The van der Waals surface area contributed by atoms with Gasteiger partial charge in [0.1, 0.15) is 17.1 Å². The number of nitrogens with zero attached hydrogens (tertiary/aromatic N) is 5. The molecule has 3 aromatic heterocycles. The van der Waals surface area contributed by atoms with Gasteiger partial charge in [0.05, 0.1) is 36.1 Å². The third-order valence-corrected chi connectivity index (χ3v) is 6.92. The minimum atomic E-state index is -0.432. The smallest absolute Gasteiger partial charge is 0.270 e. The minimum Gasteiger partial charge on any atom is -0.361 e. The van der Waals surface area contributed by atoms with Gasteiger partial charge in [0.25, 0.3) is 11.8 Å². The van der Waals surface area contributed by atoms with Crippen molar-refractivity contribution in [3.05, 3.63) is 71.0 Å². The van der Waals surface area contributed by atoms with E-state index in [1.165, 1.54) is 0 Å². The van der Waals surface area contributed by atoms with Crippen LogP contribution in [0.5, 0.6) is 0 Å². The van der Waals surface area contributed by atoms with Crippen molar-refractivity contribution in [2.75, 3.05) is 13.6 Å². The van der Waals surface area contributed by atoms with Crippen molar-refractivity contribution in [3.63, 3.8) is 0 Å². The summed E-state index contributed by atoms with van der Waals surface area (Å²) in [5, 5.41) is 9.59. The lowest BCUT2D eigenvalue weighted by molar-refractivity contribution is 0.0666. The second-order valence-corrected chi connectivity index (χ2v) is 8.94. The molecule has 1 aromatic carbocycles. The fraction of sp³-hybridized carbons (Fsp3) is 0.333. The van der Waals surface area contributed by atoms with Crippen LogP contribution < -0.4 is 0 Å². The van der Waals surface area contributed by atoms with E-state index in [0.717, 1.165) is 40.9 Å². The van der Waals surface area contributed by atoms with Crippen LogP contribution >= 0.6 is 0 Å². The minimum absolute atomic E-state index is 0.0814. The number of hydrogen-bond acceptors (Lipinski definition) is 5. The van der Waals surface area contributed by atoms with E-state index < -0.39 is 5.54 Å². The largest absolute Gasteiger partial charge is 0.361 e. The molecule has 0 bridgehead atoms. The predicted octanol–water partition coefficient (Wildman–Crippen LogP) is 3.08. The molecule has 9 heteroatoms. The molecule has 6 rings (SSSR count). The van der Waals surface area contributed by atoms with Crippen molar-refractivity contribution in [1.29, 1.82) is 0 Å². The number of para-hydroxylation sites is 1. The van der Waals surface area contributed by atoms with Crippen molar-refractivity contribution in [1.82, 2.24) is 29.7 Å². The summed E-state index contributed by atoms with van der Waals surface area (Å²) >= 11 is 0. The van der Waals surface area contributed by atoms with Gasteiger partial charge in [0.15, 0.2) is 0 Å². The van der Waals surface area contributed by atoms with Crippen LogP contribution in [0.1, 0.15) is 50.8 Å². The van der Waals surface area contributed by atoms with Crippen molar-refractivity contribution in [3.8, 4) is 0 Å². The Labute approximate surface area is 189 Å². The van der Waals surface area contributed by atoms with E-state index in [1.807, 2.05) is 48.0 Å². The molecule has 1 saturated carbocycles. The van der Waals surface area contributed by atoms with Gasteiger partial charge in [-0.05, 0) is 31.9 Å². The molecule has 0 spiro atoms. The fourth-order valence-corrected chi connectivity index (χ4v) is 4.80. The van der Waals surface area contributed by atoms with Crippen LogP contribution in [0.25, 0.3) is 10.9 Å². The molecular weight excluding hydrogens is 420 g/mol. The van der Waals surface area contributed by atoms with E-state index >= 15 is 0 Å². The molecule has 1 aliphatic heterocycles. The Morgan fingerprint density at radius 1 is 1.18 bits per heavy atom. The Balaban J connectivity index is 1.26. The number of H-pyrrole nitrogens is 1. The number of aromatic amines is 1. The molecule has 2 amide bonds. The predicted molar refractivity (Wildman–Crippen MR) is 120 cm³/mol. The van der Waals surface area contributed by atoms with E-state index in [0.29, 0.717) is 30.9 Å². The molecule has 1 fully saturated rings. The number of nitrogens with one attached hydrogen (secondary N) is 1. The Hall–Kier alpha value is -3.88. The van der Waals surface area contributed by atoms with E-state index in [2.05, 4.69) is 15.2 Å². The Bertz CT molecular complexity index is 1360. The molecule has 2 aliphatic rings. The lowest BCUT2D eigenvalue weighted by Gasteiger charge is -2.30. The molecule has 33 heavy (non-hydrogen) atoms. The van der Waals surface area contributed by atoms with Crippen LogP contribution in [0.4, 0.5) is 0 Å². The Morgan fingerprint density at radius 2 is 2.00 bits per heavy atom. The van der Waals surface area contributed by atoms with Gasteiger partial charge in [-0.1, -0.05) is 23.4 Å². The first-order chi connectivity index (χ1) is 16.0. The van der Waals surface area contributed by atoms with Crippen LogP contribution in [0.3, 0.4) is 0 Å². The number of carbonyl (C=O) groups is 2. The van der Waals surface area contributed by atoms with E-state index in [1.54, 1.807) is 23.0 Å². The summed E-state index contributed by atoms with van der Waals surface area (Å²) in [6.07, 6.45) is 3.31. The zero-order valence-corrected chi connectivity index (χ0v) is 18.5. The average Bonchev–Trinajstić information content (AvgIpc) is 3.15. The van der Waals surface area contributed by atoms with Crippen LogP contribution in [-0.4, -0.2) is 55.1 Å². The molecule has 1 aliphatic carbocycles. The van der Waals surface area contributed by atoms with Crippen LogP contribution in [-0.2, 0) is 18.6 Å². The third kappa shape index (κ3) is 3.06. The average molecular weight is 444 g/mol. The zero-order valence-electron chi connectivity index (χ0n) is 18.5. The second kappa shape index (κ2) is 7.06. The number of rotatable bonds is 4. The number of fused-ring (bicyclic) bond motifs is 2. The van der Waals surface area contributed by atoms with Crippen molar-refractivity contribution < 1.29 is 14.1 Å². The number of hydrogen-bond donors (Lipinski definition) is 1. The highest BCUT2D eigenvalue weighted by Crippen LogP contribution is 2.50. The summed E-state index contributed by atoms with van der Waals surface area (Å²) in [7, 11) is 1.81. The summed E-state index contributed by atoms with van der Waals surface area (Å²) in [6.45, 7) is 3.26. The molecule has 0 saturated heterocycles. The Morgan fingerprint density at radius 3 is 2.73 bits per heavy atom. The molecule has 0 atom stereocenters. The summed E-state index contributed by atoms with van der Waals surface area (Å²) in [5.74, 6) is 0.530. The number of benzene rings is 1. The highest BCUT2D eigenvalue weighted by molar-refractivity contribution is 5.99. The maximum absolute atomic E-state index is 13.5. The number of aryl methyl sites for hydroxylation is 1. The lowest BCUT2D eigenvalue weighted by atomic mass is 10.1. The van der Waals surface area contributed by atoms with Crippen LogP contribution in [0.2, 0.25) is 0 Å². The molecule has 9 nitrogen and oxygen atoms in total. The summed E-state index contributed by atoms with van der Waals surface area (Å²) in [4.78, 5) is 33.5. The highest BCUT2D eigenvalue weighted by Gasteiger charge is 2.53. The molecule has 4 aromatic rings. The molecule has 168 valence electrons. The second-order valence-electron chi connectivity index (χ2n) is 8.94. The van der Waals surface area contributed by atoms with Crippen molar-refractivity contribution in [2.45, 2.75) is 38.4 Å². The normalized spacial score (nSPS) is 16.6. The van der Waals surface area contributed by atoms with E-state index in [9.17, 15) is 9.59 Å². The van der Waals surface area contributed by atoms with Gasteiger partial charge < -0.3 is 19.3 Å². The van der Waals surface area contributed by atoms with Gasteiger partial charge in [0, 0.05) is 30.6 Å². The molecule has 0 radical (unpaired) electrons. The molecule has 1 N–H and O–H groups in total. The monoisotopic (exact) mass is 444 g/mol. The highest BCUT2D eigenvalue weighted by atomic mass is 16.5. The summed E-state index contributed by atoms with van der Waals surface area (Å²) in [5.41, 5.74) is 3.11. The molecular formula is C24H24N6O3. The zero-order chi connectivity index (χ0) is 22.7. The molecule has 4 heterocycles. The number of amides is 2. The first-order valence-electron chi connectivity index (χ1n) is 11.1. The van der Waals surface area contributed by atoms with Gasteiger partial charge in [-0.2, -0.15) is 5.10 Å². The van der Waals surface area contributed by atoms with Crippen LogP contribution in [0, 0.1) is 6.92 Å². The van der Waals surface area contributed by atoms with E-state index in [-0.39, 0.29) is 11.8 Å². The van der Waals surface area contributed by atoms with Gasteiger partial charge in [-0.3, -0.25) is 14.3 Å². The maximum Gasteiger partial charge on any atom is 0.270 e. The summed E-state index contributed by atoms with van der Waals surface area (Å²) in [6, 6.07) is 11.6. The maximum atomic E-state index is 13.5. The van der Waals surface area contributed by atoms with Gasteiger partial charge >= 0.3 is 0 Å². The Kier molecular flexibility index (Phi) is 4.23. The van der Waals surface area contributed by atoms with Crippen molar-refractivity contribution >= 4 is 22.7 Å². The summed E-state index contributed by atoms with van der Waals surface area (Å²) < 4.78 is 7.08. The van der Waals surface area contributed by atoms with Crippen molar-refractivity contribution in [2.24, 2.45) is 0 Å². The number of aromatic nitrogens is 4. The number of carbonyl (C=O) groups excluding carboxylic acids is 2. The standard InChI is InChI=1S/C24H24N6O3/c1-15-11-21(27-33-15)24(7-8-24)28(2)22(31)17-13-25-30-10-9-29(14-20(17)30)23(32)19-12-16-5-3-4-6-18(16)26-19/h3-6,11-13,26H,7-10,14H2,1-2H3. The first-order valence-corrected chi connectivity index (χ1v) is 11.1. The third-order valence-electron chi connectivity index (χ3n) is 6.92. The van der Waals surface area contributed by atoms with Crippen LogP contribution in [0.15, 0.2) is 47.1 Å². The van der Waals surface area contributed by atoms with Gasteiger partial charge in [-0.25, -0.2) is 0 Å². The van der Waals surface area contributed by atoms with Gasteiger partial charge in [0.2, 0.25) is 0 Å².